The molecule has 1 fully saturated rings. The van der Waals surface area contributed by atoms with Gasteiger partial charge in [0.2, 0.25) is 0 Å². The predicted molar refractivity (Wildman–Crippen MR) is 99.4 cm³/mol. The normalized spacial score (nSPS) is 18.6. The molecule has 3 heterocycles. The number of nitrogens with zero attached hydrogens (tertiary/aromatic N) is 7. The highest BCUT2D eigenvalue weighted by Crippen LogP contribution is 2.30. The van der Waals surface area contributed by atoms with Crippen LogP contribution in [0.15, 0.2) is 40.3 Å². The van der Waals surface area contributed by atoms with Gasteiger partial charge in [-0.25, -0.2) is 9.97 Å². The van der Waals surface area contributed by atoms with E-state index in [1.54, 1.807) is 12.3 Å². The topological polar surface area (TPSA) is 80.8 Å². The molecule has 0 aliphatic carbocycles. The molecule has 1 saturated heterocycles. The number of anilines is 1. The quantitative estimate of drug-likeness (QED) is 0.740. The number of rotatable bonds is 4. The molecule has 0 saturated carbocycles. The molecule has 1 aromatic heterocycles. The maximum atomic E-state index is 13.0. The van der Waals surface area contributed by atoms with Gasteiger partial charge in [0.05, 0.1) is 18.8 Å². The van der Waals surface area contributed by atoms with Crippen molar-refractivity contribution in [2.24, 2.45) is 15.9 Å². The van der Waals surface area contributed by atoms with Gasteiger partial charge in [-0.15, -0.1) is 0 Å². The summed E-state index contributed by atoms with van der Waals surface area (Å²) in [6, 6.07) is 4.02. The largest absolute Gasteiger partial charge is 0.434 e. The lowest BCUT2D eigenvalue weighted by Crippen LogP contribution is -2.34. The third kappa shape index (κ3) is 4.36. The molecule has 3 rings (SSSR count). The first kappa shape index (κ1) is 19.5. The molecular formula is C18H18F3N7. The van der Waals surface area contributed by atoms with Crippen LogP contribution in [0, 0.1) is 17.2 Å². The monoisotopic (exact) mass is 389 g/mol. The Labute approximate surface area is 160 Å². The summed E-state index contributed by atoms with van der Waals surface area (Å²) < 4.78 is 39.0. The fourth-order valence-electron chi connectivity index (χ4n) is 3.01. The van der Waals surface area contributed by atoms with Crippen LogP contribution in [0.5, 0.6) is 0 Å². The minimum absolute atomic E-state index is 0.0385. The SMILES string of the molecule is C=N/C=C(/c1nccc(N2CCC(C#N)CC2)n1)N1C=C(C(F)(F)F)N=CC1. The molecule has 7 nitrogen and oxygen atoms in total. The van der Waals surface area contributed by atoms with Crippen molar-refractivity contribution in [2.45, 2.75) is 19.0 Å². The van der Waals surface area contributed by atoms with Crippen LogP contribution in [-0.4, -0.2) is 53.6 Å². The second-order valence-corrected chi connectivity index (χ2v) is 6.30. The zero-order valence-corrected chi connectivity index (χ0v) is 15.0. The maximum absolute atomic E-state index is 13.0. The van der Waals surface area contributed by atoms with Crippen molar-refractivity contribution in [3.05, 3.63) is 36.2 Å². The molecule has 146 valence electrons. The second kappa shape index (κ2) is 8.21. The number of alkyl halides is 3. The fraction of sp³-hybridized carbons (Fsp3) is 0.389. The molecule has 10 heteroatoms. The number of nitriles is 1. The number of piperidine rings is 1. The Morgan fingerprint density at radius 1 is 1.36 bits per heavy atom. The van der Waals surface area contributed by atoms with Crippen LogP contribution in [0.1, 0.15) is 18.7 Å². The molecule has 0 unspecified atom stereocenters. The summed E-state index contributed by atoms with van der Waals surface area (Å²) >= 11 is 0. The molecule has 0 atom stereocenters. The Morgan fingerprint density at radius 3 is 2.75 bits per heavy atom. The number of aliphatic imine (C=N–C) groups is 2. The molecule has 0 aromatic carbocycles. The number of allylic oxidation sites excluding steroid dienone is 1. The van der Waals surface area contributed by atoms with E-state index in [4.69, 9.17) is 5.26 Å². The van der Waals surface area contributed by atoms with Crippen LogP contribution in [0.4, 0.5) is 19.0 Å². The minimum atomic E-state index is -4.56. The number of hydrogen-bond donors (Lipinski definition) is 0. The third-order valence-electron chi connectivity index (χ3n) is 4.47. The minimum Gasteiger partial charge on any atom is -0.356 e. The van der Waals surface area contributed by atoms with Crippen molar-refractivity contribution in [3.8, 4) is 6.07 Å². The first-order chi connectivity index (χ1) is 13.4. The van der Waals surface area contributed by atoms with Crippen LogP contribution in [0.2, 0.25) is 0 Å². The van der Waals surface area contributed by atoms with E-state index in [1.165, 1.54) is 17.3 Å². The molecule has 28 heavy (non-hydrogen) atoms. The van der Waals surface area contributed by atoms with Gasteiger partial charge in [-0.3, -0.25) is 9.98 Å². The maximum Gasteiger partial charge on any atom is 0.434 e. The predicted octanol–water partition coefficient (Wildman–Crippen LogP) is 3.01. The average Bonchev–Trinajstić information content (AvgIpc) is 2.71. The summed E-state index contributed by atoms with van der Waals surface area (Å²) in [6.07, 6.45) is 1.89. The first-order valence-corrected chi connectivity index (χ1v) is 8.64. The van der Waals surface area contributed by atoms with Crippen LogP contribution in [-0.2, 0) is 0 Å². The van der Waals surface area contributed by atoms with E-state index in [-0.39, 0.29) is 24.0 Å². The Bertz CT molecular complexity index is 859. The van der Waals surface area contributed by atoms with Gasteiger partial charge < -0.3 is 9.80 Å². The van der Waals surface area contributed by atoms with Gasteiger partial charge in [-0.2, -0.15) is 18.4 Å². The van der Waals surface area contributed by atoms with E-state index in [1.807, 2.05) is 4.90 Å². The molecule has 0 radical (unpaired) electrons. The van der Waals surface area contributed by atoms with E-state index in [0.717, 1.165) is 19.0 Å². The molecule has 2 aliphatic rings. The summed E-state index contributed by atoms with van der Waals surface area (Å²) in [4.78, 5) is 19.2. The standard InChI is InChI=1S/C18H18F3N7/c1-23-11-14(28-9-6-24-15(12-28)18(19,20)21)17-25-5-2-16(26-17)27-7-3-13(10-22)4-8-27/h2,5-6,11-13H,1,3-4,7-9H2/b14-11-. The van der Waals surface area contributed by atoms with Crippen LogP contribution in [0.3, 0.4) is 0 Å². The van der Waals surface area contributed by atoms with Gasteiger partial charge in [-0.05, 0) is 25.6 Å². The van der Waals surface area contributed by atoms with E-state index in [9.17, 15) is 13.2 Å². The van der Waals surface area contributed by atoms with Crippen LogP contribution >= 0.6 is 0 Å². The molecule has 0 amide bonds. The summed E-state index contributed by atoms with van der Waals surface area (Å²) in [7, 11) is 0. The molecule has 0 bridgehead atoms. The summed E-state index contributed by atoms with van der Waals surface area (Å²) in [6.45, 7) is 4.88. The van der Waals surface area contributed by atoms with Crippen molar-refractivity contribution >= 4 is 24.4 Å². The summed E-state index contributed by atoms with van der Waals surface area (Å²) in [5.74, 6) is 0.930. The Balaban J connectivity index is 1.87. The average molecular weight is 389 g/mol. The summed E-state index contributed by atoms with van der Waals surface area (Å²) in [5.41, 5.74) is -0.722. The zero-order chi connectivity index (χ0) is 20.1. The molecular weight excluding hydrogens is 371 g/mol. The Kier molecular flexibility index (Phi) is 5.73. The second-order valence-electron chi connectivity index (χ2n) is 6.30. The number of aromatic nitrogens is 2. The van der Waals surface area contributed by atoms with E-state index in [2.05, 4.69) is 32.7 Å². The lowest BCUT2D eigenvalue weighted by Gasteiger charge is -2.30. The zero-order valence-electron chi connectivity index (χ0n) is 15.0. The van der Waals surface area contributed by atoms with Crippen LogP contribution < -0.4 is 4.90 Å². The smallest absolute Gasteiger partial charge is 0.356 e. The van der Waals surface area contributed by atoms with Crippen molar-refractivity contribution < 1.29 is 13.2 Å². The van der Waals surface area contributed by atoms with E-state index < -0.39 is 11.9 Å². The number of hydrogen-bond acceptors (Lipinski definition) is 7. The Morgan fingerprint density at radius 2 is 2.11 bits per heavy atom. The molecule has 1 aromatic rings. The lowest BCUT2D eigenvalue weighted by atomic mass is 9.99. The lowest BCUT2D eigenvalue weighted by molar-refractivity contribution is -0.0934. The highest BCUT2D eigenvalue weighted by atomic mass is 19.4. The van der Waals surface area contributed by atoms with Crippen molar-refractivity contribution in [3.63, 3.8) is 0 Å². The van der Waals surface area contributed by atoms with E-state index in [0.29, 0.717) is 18.9 Å². The van der Waals surface area contributed by atoms with Gasteiger partial charge in [0, 0.05) is 37.6 Å². The molecule has 2 aliphatic heterocycles. The molecule has 0 spiro atoms. The Hall–Kier alpha value is -3.22. The van der Waals surface area contributed by atoms with Crippen molar-refractivity contribution in [1.82, 2.24) is 14.9 Å². The third-order valence-corrected chi connectivity index (χ3v) is 4.47. The highest BCUT2D eigenvalue weighted by molar-refractivity contribution is 5.70. The number of halogens is 3. The van der Waals surface area contributed by atoms with Crippen molar-refractivity contribution in [2.75, 3.05) is 24.5 Å². The summed E-state index contributed by atoms with van der Waals surface area (Å²) in [5, 5.41) is 9.03. The molecule has 0 N–H and O–H groups in total. The fourth-order valence-corrected chi connectivity index (χ4v) is 3.01. The van der Waals surface area contributed by atoms with Crippen LogP contribution in [0.25, 0.3) is 5.70 Å². The van der Waals surface area contributed by atoms with Gasteiger partial charge >= 0.3 is 6.18 Å². The first-order valence-electron chi connectivity index (χ1n) is 8.64. The van der Waals surface area contributed by atoms with E-state index >= 15 is 0 Å². The van der Waals surface area contributed by atoms with Gasteiger partial charge in [0.25, 0.3) is 0 Å². The van der Waals surface area contributed by atoms with Gasteiger partial charge in [0.1, 0.15) is 11.5 Å². The van der Waals surface area contributed by atoms with Crippen molar-refractivity contribution in [1.29, 1.82) is 5.26 Å². The highest BCUT2D eigenvalue weighted by Gasteiger charge is 2.36. The van der Waals surface area contributed by atoms with Gasteiger partial charge in [0.15, 0.2) is 11.5 Å². The van der Waals surface area contributed by atoms with Gasteiger partial charge in [-0.1, -0.05) is 0 Å².